The van der Waals surface area contributed by atoms with Crippen molar-refractivity contribution < 1.29 is 18.3 Å². The summed E-state index contributed by atoms with van der Waals surface area (Å²) < 4.78 is 40.0. The molecule has 0 aliphatic rings. The Bertz CT molecular complexity index is 938. The summed E-state index contributed by atoms with van der Waals surface area (Å²) in [4.78, 5) is 2.07. The number of aliphatic hydroxyl groups is 1. The number of hydrogen-bond donors (Lipinski definition) is 1. The fraction of sp³-hybridized carbons (Fsp3) is 0.308. The first-order valence-electron chi connectivity index (χ1n) is 10.6. The molecule has 0 aliphatic carbocycles. The summed E-state index contributed by atoms with van der Waals surface area (Å²) in [7, 11) is 0. The molecule has 0 spiro atoms. The van der Waals surface area contributed by atoms with E-state index in [2.05, 4.69) is 29.2 Å². The van der Waals surface area contributed by atoms with Crippen molar-refractivity contribution in [3.05, 3.63) is 106 Å². The average Bonchev–Trinajstić information content (AvgIpc) is 2.77. The Morgan fingerprint density at radius 1 is 0.875 bits per heavy atom. The summed E-state index contributed by atoms with van der Waals surface area (Å²) in [5, 5.41) is 9.57. The second-order valence-corrected chi connectivity index (χ2v) is 8.40. The van der Waals surface area contributed by atoms with Gasteiger partial charge >= 0.3 is 6.18 Å². The first-order valence-corrected chi connectivity index (χ1v) is 11.0. The van der Waals surface area contributed by atoms with Crippen LogP contribution in [-0.4, -0.2) is 29.2 Å². The normalized spacial score (nSPS) is 13.0. The largest absolute Gasteiger partial charge is 0.417 e. The van der Waals surface area contributed by atoms with E-state index < -0.39 is 17.8 Å². The molecule has 1 N–H and O–H groups in total. The van der Waals surface area contributed by atoms with Crippen molar-refractivity contribution in [3.8, 4) is 0 Å². The zero-order chi connectivity index (χ0) is 23.1. The smallest absolute Gasteiger partial charge is 0.393 e. The van der Waals surface area contributed by atoms with Crippen molar-refractivity contribution >= 4 is 11.6 Å². The number of halogens is 4. The Morgan fingerprint density at radius 3 is 1.94 bits per heavy atom. The number of benzene rings is 3. The summed E-state index contributed by atoms with van der Waals surface area (Å²) in [6.45, 7) is 3.07. The van der Waals surface area contributed by atoms with Gasteiger partial charge in [0.2, 0.25) is 0 Å². The number of hydrogen-bond acceptors (Lipinski definition) is 2. The molecule has 6 heteroatoms. The molecule has 0 radical (unpaired) electrons. The maximum Gasteiger partial charge on any atom is 0.417 e. The molecule has 0 heterocycles. The van der Waals surface area contributed by atoms with Crippen LogP contribution in [0, 0.1) is 0 Å². The predicted octanol–water partition coefficient (Wildman–Crippen LogP) is 6.76. The first-order chi connectivity index (χ1) is 15.3. The van der Waals surface area contributed by atoms with E-state index in [9.17, 15) is 18.3 Å². The predicted molar refractivity (Wildman–Crippen MR) is 123 cm³/mol. The molecule has 3 rings (SSSR count). The van der Waals surface area contributed by atoms with E-state index in [1.165, 1.54) is 6.07 Å². The van der Waals surface area contributed by atoms with Crippen LogP contribution in [0.3, 0.4) is 0 Å². The number of aliphatic hydroxyl groups excluding tert-OH is 1. The maximum absolute atomic E-state index is 13.3. The summed E-state index contributed by atoms with van der Waals surface area (Å²) in [5.41, 5.74) is 1.84. The molecule has 0 fully saturated rings. The van der Waals surface area contributed by atoms with Crippen LogP contribution >= 0.6 is 11.6 Å². The van der Waals surface area contributed by atoms with Gasteiger partial charge in [0.1, 0.15) is 0 Å². The second-order valence-electron chi connectivity index (χ2n) is 8.02. The highest BCUT2D eigenvalue weighted by Gasteiger charge is 2.34. The lowest BCUT2D eigenvalue weighted by Crippen LogP contribution is -2.31. The third kappa shape index (κ3) is 6.58. The van der Waals surface area contributed by atoms with Crippen molar-refractivity contribution in [2.45, 2.75) is 38.1 Å². The monoisotopic (exact) mass is 461 g/mol. The Morgan fingerprint density at radius 2 is 1.44 bits per heavy atom. The lowest BCUT2D eigenvalue weighted by molar-refractivity contribution is -0.137. The fourth-order valence-corrected chi connectivity index (χ4v) is 4.09. The molecule has 2 nitrogen and oxygen atoms in total. The van der Waals surface area contributed by atoms with Crippen LogP contribution in [0.15, 0.2) is 78.9 Å². The van der Waals surface area contributed by atoms with Crippen LogP contribution in [0.4, 0.5) is 13.2 Å². The van der Waals surface area contributed by atoms with Gasteiger partial charge in [-0.2, -0.15) is 13.2 Å². The highest BCUT2D eigenvalue weighted by molar-refractivity contribution is 6.32. The standard InChI is InChI=1S/C26H27ClF3NO/c1-19(32)15-16-31(17-22-13-8-14-24(25(22)27)26(28,29)30)18-23(20-9-4-2-5-10-20)21-11-6-3-7-12-21/h2-14,19,23,32H,15-18H2,1H3/t19-/m0/s1. The first kappa shape index (κ1) is 24.3. The molecule has 0 saturated carbocycles. The Hall–Kier alpha value is -2.34. The van der Waals surface area contributed by atoms with Crippen LogP contribution in [0.1, 0.15) is 41.5 Å². The number of alkyl halides is 3. The molecule has 0 aromatic heterocycles. The quantitative estimate of drug-likeness (QED) is 0.380. The fourth-order valence-electron chi connectivity index (χ4n) is 3.80. The van der Waals surface area contributed by atoms with Gasteiger partial charge < -0.3 is 5.11 Å². The van der Waals surface area contributed by atoms with Gasteiger partial charge in [0, 0.05) is 25.6 Å². The molecule has 0 saturated heterocycles. The molecule has 3 aromatic rings. The summed E-state index contributed by atoms with van der Waals surface area (Å²) in [5.74, 6) is 0.0240. The van der Waals surface area contributed by atoms with Gasteiger partial charge in [-0.3, -0.25) is 4.90 Å². The second kappa shape index (κ2) is 11.0. The van der Waals surface area contributed by atoms with E-state index in [0.29, 0.717) is 25.1 Å². The van der Waals surface area contributed by atoms with Gasteiger partial charge in [-0.1, -0.05) is 84.4 Å². The van der Waals surface area contributed by atoms with Gasteiger partial charge in [-0.15, -0.1) is 0 Å². The lowest BCUT2D eigenvalue weighted by atomic mass is 9.90. The summed E-state index contributed by atoms with van der Waals surface area (Å²) >= 11 is 6.17. The molecule has 0 bridgehead atoms. The molecule has 0 unspecified atom stereocenters. The Kier molecular flexibility index (Phi) is 8.35. The minimum Gasteiger partial charge on any atom is -0.393 e. The zero-order valence-electron chi connectivity index (χ0n) is 17.9. The Balaban J connectivity index is 1.93. The lowest BCUT2D eigenvalue weighted by Gasteiger charge is -2.29. The molecular weight excluding hydrogens is 435 g/mol. The van der Waals surface area contributed by atoms with Crippen LogP contribution in [0.25, 0.3) is 0 Å². The number of nitrogens with zero attached hydrogens (tertiary/aromatic N) is 1. The Labute approximate surface area is 192 Å². The van der Waals surface area contributed by atoms with Crippen molar-refractivity contribution in [1.82, 2.24) is 4.90 Å². The van der Waals surface area contributed by atoms with Gasteiger partial charge in [0.15, 0.2) is 0 Å². The van der Waals surface area contributed by atoms with Crippen molar-refractivity contribution in [3.63, 3.8) is 0 Å². The third-order valence-corrected chi connectivity index (χ3v) is 5.93. The van der Waals surface area contributed by atoms with E-state index in [1.54, 1.807) is 13.0 Å². The van der Waals surface area contributed by atoms with E-state index in [1.807, 2.05) is 36.4 Å². The minimum atomic E-state index is -4.51. The van der Waals surface area contributed by atoms with Gasteiger partial charge in [-0.05, 0) is 36.1 Å². The topological polar surface area (TPSA) is 23.5 Å². The zero-order valence-corrected chi connectivity index (χ0v) is 18.7. The van der Waals surface area contributed by atoms with Gasteiger partial charge in [0.25, 0.3) is 0 Å². The summed E-state index contributed by atoms with van der Waals surface area (Å²) in [6, 6.07) is 24.1. The van der Waals surface area contributed by atoms with Crippen LogP contribution in [-0.2, 0) is 12.7 Å². The van der Waals surface area contributed by atoms with Gasteiger partial charge in [-0.25, -0.2) is 0 Å². The molecule has 170 valence electrons. The highest BCUT2D eigenvalue weighted by atomic mass is 35.5. The molecule has 32 heavy (non-hydrogen) atoms. The van der Waals surface area contributed by atoms with Gasteiger partial charge in [0.05, 0.1) is 16.7 Å². The molecule has 1 atom stereocenters. The average molecular weight is 462 g/mol. The van der Waals surface area contributed by atoms with Crippen molar-refractivity contribution in [2.75, 3.05) is 13.1 Å². The van der Waals surface area contributed by atoms with E-state index in [4.69, 9.17) is 11.6 Å². The molecule has 0 amide bonds. The third-order valence-electron chi connectivity index (χ3n) is 5.49. The van der Waals surface area contributed by atoms with Crippen LogP contribution in [0.2, 0.25) is 5.02 Å². The minimum absolute atomic E-state index is 0.0240. The molecular formula is C26H27ClF3NO. The highest BCUT2D eigenvalue weighted by Crippen LogP contribution is 2.37. The SMILES string of the molecule is C[C@H](O)CCN(Cc1cccc(C(F)(F)F)c1Cl)CC(c1ccccc1)c1ccccc1. The van der Waals surface area contributed by atoms with Crippen LogP contribution in [0.5, 0.6) is 0 Å². The van der Waals surface area contributed by atoms with Crippen molar-refractivity contribution in [1.29, 1.82) is 0 Å². The van der Waals surface area contributed by atoms with E-state index >= 15 is 0 Å². The van der Waals surface area contributed by atoms with E-state index in [-0.39, 0.29) is 17.5 Å². The maximum atomic E-state index is 13.3. The van der Waals surface area contributed by atoms with Crippen molar-refractivity contribution in [2.24, 2.45) is 0 Å². The summed E-state index contributed by atoms with van der Waals surface area (Å²) in [6.07, 6.45) is -4.51. The van der Waals surface area contributed by atoms with Crippen LogP contribution < -0.4 is 0 Å². The van der Waals surface area contributed by atoms with E-state index in [0.717, 1.165) is 17.2 Å². The molecule has 3 aromatic carbocycles. The number of rotatable bonds is 9. The molecule has 0 aliphatic heterocycles.